The monoisotopic (exact) mass is 503 g/mol. The van der Waals surface area contributed by atoms with Gasteiger partial charge in [0.15, 0.2) is 5.82 Å². The van der Waals surface area contributed by atoms with E-state index in [1.165, 1.54) is 6.07 Å². The van der Waals surface area contributed by atoms with Crippen LogP contribution >= 0.6 is 22.9 Å². The van der Waals surface area contributed by atoms with Gasteiger partial charge in [-0.2, -0.15) is 13.2 Å². The Balaban J connectivity index is 1.49. The van der Waals surface area contributed by atoms with Gasteiger partial charge >= 0.3 is 6.18 Å². The molecular formula is C19H17ClF3N5O2S2. The molecule has 4 rings (SSSR count). The summed E-state index contributed by atoms with van der Waals surface area (Å²) < 4.78 is 66.6. The number of aromatic nitrogens is 2. The number of anilines is 3. The van der Waals surface area contributed by atoms with Gasteiger partial charge in [-0.1, -0.05) is 17.7 Å². The summed E-state index contributed by atoms with van der Waals surface area (Å²) in [6.45, 7) is 1.74. The lowest BCUT2D eigenvalue weighted by atomic mass is 10.2. The highest BCUT2D eigenvalue weighted by Gasteiger charge is 2.32. The van der Waals surface area contributed by atoms with Crippen molar-refractivity contribution >= 4 is 50.3 Å². The summed E-state index contributed by atoms with van der Waals surface area (Å²) in [5, 5.41) is 1.61. The third-order valence-electron chi connectivity index (χ3n) is 4.82. The standard InChI is InChI=1S/C19H17ClF3N5O2S2/c20-14-11-13(19(21,22)23)12-25-17(14)27-6-8-28(9-7-27)18-15(3-1-5-24-18)26-32(29,30)16-4-2-10-31-16/h1-5,10-12,26H,6-9H2. The molecule has 0 aliphatic carbocycles. The maximum atomic E-state index is 12.9. The van der Waals surface area contributed by atoms with Gasteiger partial charge in [-0.3, -0.25) is 4.72 Å². The average Bonchev–Trinajstić information content (AvgIpc) is 3.30. The zero-order valence-electron chi connectivity index (χ0n) is 16.4. The number of pyridine rings is 2. The molecule has 1 fully saturated rings. The van der Waals surface area contributed by atoms with Gasteiger partial charge < -0.3 is 9.80 Å². The van der Waals surface area contributed by atoms with Crippen LogP contribution in [-0.4, -0.2) is 44.6 Å². The summed E-state index contributed by atoms with van der Waals surface area (Å²) in [5.74, 6) is 0.748. The number of nitrogens with zero attached hydrogens (tertiary/aromatic N) is 4. The van der Waals surface area contributed by atoms with E-state index in [9.17, 15) is 21.6 Å². The normalized spacial score (nSPS) is 15.1. The van der Waals surface area contributed by atoms with Crippen LogP contribution in [0.15, 0.2) is 52.3 Å². The van der Waals surface area contributed by atoms with Crippen LogP contribution in [0.5, 0.6) is 0 Å². The zero-order valence-corrected chi connectivity index (χ0v) is 18.8. The third-order valence-corrected chi connectivity index (χ3v) is 7.86. The largest absolute Gasteiger partial charge is 0.417 e. The van der Waals surface area contributed by atoms with Crippen molar-refractivity contribution < 1.29 is 21.6 Å². The summed E-state index contributed by atoms with van der Waals surface area (Å²) in [5.41, 5.74) is -0.555. The van der Waals surface area contributed by atoms with Crippen molar-refractivity contribution in [3.8, 4) is 0 Å². The molecule has 4 heterocycles. The number of hydrogen-bond acceptors (Lipinski definition) is 7. The minimum absolute atomic E-state index is 0.0736. The third kappa shape index (κ3) is 4.76. The molecule has 0 bridgehead atoms. The maximum absolute atomic E-state index is 12.9. The van der Waals surface area contributed by atoms with Crippen LogP contribution in [0.1, 0.15) is 5.56 Å². The Hall–Kier alpha value is -2.57. The van der Waals surface area contributed by atoms with E-state index in [0.717, 1.165) is 23.6 Å². The number of rotatable bonds is 5. The van der Waals surface area contributed by atoms with Gasteiger partial charge in [0, 0.05) is 38.6 Å². The number of sulfonamides is 1. The number of nitrogens with one attached hydrogen (secondary N) is 1. The highest BCUT2D eigenvalue weighted by Crippen LogP contribution is 2.34. The number of hydrogen-bond donors (Lipinski definition) is 1. The van der Waals surface area contributed by atoms with E-state index in [2.05, 4.69) is 14.7 Å². The molecule has 1 N–H and O–H groups in total. The van der Waals surface area contributed by atoms with Crippen LogP contribution in [0.2, 0.25) is 5.02 Å². The summed E-state index contributed by atoms with van der Waals surface area (Å²) in [4.78, 5) is 11.9. The van der Waals surface area contributed by atoms with Gasteiger partial charge in [-0.25, -0.2) is 18.4 Å². The van der Waals surface area contributed by atoms with Gasteiger partial charge in [0.2, 0.25) is 0 Å². The van der Waals surface area contributed by atoms with Crippen LogP contribution in [0.25, 0.3) is 0 Å². The number of thiophene rings is 1. The number of alkyl halides is 3. The first-order valence-electron chi connectivity index (χ1n) is 9.39. The Kier molecular flexibility index (Phi) is 6.19. The first-order valence-corrected chi connectivity index (χ1v) is 12.1. The fourth-order valence-electron chi connectivity index (χ4n) is 3.29. The zero-order chi connectivity index (χ0) is 22.9. The smallest absolute Gasteiger partial charge is 0.352 e. The lowest BCUT2D eigenvalue weighted by molar-refractivity contribution is -0.137. The molecule has 1 saturated heterocycles. The highest BCUT2D eigenvalue weighted by atomic mass is 35.5. The lowest BCUT2D eigenvalue weighted by Crippen LogP contribution is -2.47. The first kappa shape index (κ1) is 22.6. The Morgan fingerprint density at radius 2 is 1.72 bits per heavy atom. The van der Waals surface area contributed by atoms with Crippen LogP contribution < -0.4 is 14.5 Å². The molecule has 0 unspecified atom stereocenters. The quantitative estimate of drug-likeness (QED) is 0.558. The molecule has 170 valence electrons. The van der Waals surface area contributed by atoms with Crippen molar-refractivity contribution in [1.29, 1.82) is 0 Å². The van der Waals surface area contributed by atoms with E-state index in [1.54, 1.807) is 34.7 Å². The molecule has 1 aliphatic heterocycles. The van der Waals surface area contributed by atoms with Crippen molar-refractivity contribution in [2.45, 2.75) is 10.4 Å². The van der Waals surface area contributed by atoms with Gasteiger partial charge in [0.25, 0.3) is 10.0 Å². The maximum Gasteiger partial charge on any atom is 0.417 e. The predicted octanol–water partition coefficient (Wildman–Crippen LogP) is 4.34. The van der Waals surface area contributed by atoms with Gasteiger partial charge in [-0.15, -0.1) is 11.3 Å². The number of halogens is 4. The summed E-state index contributed by atoms with van der Waals surface area (Å²) in [7, 11) is -3.73. The van der Waals surface area contributed by atoms with Gasteiger partial charge in [0.05, 0.1) is 16.3 Å². The van der Waals surface area contributed by atoms with Crippen molar-refractivity contribution in [3.63, 3.8) is 0 Å². The summed E-state index contributed by atoms with van der Waals surface area (Å²) in [6, 6.07) is 7.31. The number of piperazine rings is 1. The summed E-state index contributed by atoms with van der Waals surface area (Å²) in [6.07, 6.45) is -2.18. The highest BCUT2D eigenvalue weighted by molar-refractivity contribution is 7.94. The minimum atomic E-state index is -4.51. The molecule has 0 spiro atoms. The van der Waals surface area contributed by atoms with E-state index in [-0.39, 0.29) is 15.0 Å². The van der Waals surface area contributed by atoms with E-state index in [1.807, 2.05) is 4.90 Å². The van der Waals surface area contributed by atoms with E-state index in [4.69, 9.17) is 11.6 Å². The molecule has 0 atom stereocenters. The second-order valence-electron chi connectivity index (χ2n) is 6.91. The molecule has 32 heavy (non-hydrogen) atoms. The molecular weight excluding hydrogens is 487 g/mol. The van der Waals surface area contributed by atoms with Gasteiger partial charge in [0.1, 0.15) is 10.0 Å². The molecule has 13 heteroatoms. The first-order chi connectivity index (χ1) is 15.1. The van der Waals surface area contributed by atoms with Crippen molar-refractivity contribution in [2.24, 2.45) is 0 Å². The van der Waals surface area contributed by atoms with Crippen molar-refractivity contribution in [2.75, 3.05) is 40.7 Å². The Morgan fingerprint density at radius 1 is 1.03 bits per heavy atom. The SMILES string of the molecule is O=S(=O)(Nc1cccnc1N1CCN(c2ncc(C(F)(F)F)cc2Cl)CC1)c1cccs1. The second-order valence-corrected chi connectivity index (χ2v) is 10.2. The molecule has 3 aromatic heterocycles. The van der Waals surface area contributed by atoms with Crippen LogP contribution in [0.3, 0.4) is 0 Å². The van der Waals surface area contributed by atoms with E-state index >= 15 is 0 Å². The minimum Gasteiger partial charge on any atom is -0.352 e. The molecule has 1 aliphatic rings. The molecule has 0 saturated carbocycles. The van der Waals surface area contributed by atoms with E-state index in [0.29, 0.717) is 37.7 Å². The topological polar surface area (TPSA) is 78.4 Å². The Bertz CT molecular complexity index is 1200. The van der Waals surface area contributed by atoms with Crippen LogP contribution in [0, 0.1) is 0 Å². The average molecular weight is 504 g/mol. The Labute approximate surface area is 191 Å². The van der Waals surface area contributed by atoms with Gasteiger partial charge in [-0.05, 0) is 29.6 Å². The lowest BCUT2D eigenvalue weighted by Gasteiger charge is -2.37. The molecule has 0 radical (unpaired) electrons. The second kappa shape index (κ2) is 8.75. The fraction of sp³-hybridized carbons (Fsp3) is 0.263. The van der Waals surface area contributed by atoms with Crippen LogP contribution in [-0.2, 0) is 16.2 Å². The molecule has 0 aromatic carbocycles. The van der Waals surface area contributed by atoms with E-state index < -0.39 is 21.8 Å². The van der Waals surface area contributed by atoms with Crippen molar-refractivity contribution in [3.05, 3.63) is 58.7 Å². The molecule has 7 nitrogen and oxygen atoms in total. The summed E-state index contributed by atoms with van der Waals surface area (Å²) >= 11 is 7.17. The fourth-order valence-corrected chi connectivity index (χ4v) is 5.63. The molecule has 0 amide bonds. The van der Waals surface area contributed by atoms with Crippen molar-refractivity contribution in [1.82, 2.24) is 9.97 Å². The Morgan fingerprint density at radius 3 is 2.31 bits per heavy atom. The predicted molar refractivity (Wildman–Crippen MR) is 118 cm³/mol. The molecule has 3 aromatic rings. The van der Waals surface area contributed by atoms with Crippen LogP contribution in [0.4, 0.5) is 30.5 Å².